The van der Waals surface area contributed by atoms with E-state index in [0.29, 0.717) is 17.1 Å². The number of allylic oxidation sites excluding steroid dienone is 1. The quantitative estimate of drug-likeness (QED) is 0.847. The topological polar surface area (TPSA) is 64.0 Å². The molecule has 5 nitrogen and oxygen atoms in total. The van der Waals surface area contributed by atoms with Crippen LogP contribution in [0.3, 0.4) is 0 Å². The van der Waals surface area contributed by atoms with Crippen molar-refractivity contribution in [2.75, 3.05) is 6.54 Å². The van der Waals surface area contributed by atoms with Gasteiger partial charge in [0, 0.05) is 25.2 Å². The van der Waals surface area contributed by atoms with Crippen molar-refractivity contribution in [1.29, 1.82) is 0 Å². The van der Waals surface area contributed by atoms with Crippen LogP contribution in [-0.4, -0.2) is 24.7 Å². The summed E-state index contributed by atoms with van der Waals surface area (Å²) in [5.41, 5.74) is 1.67. The van der Waals surface area contributed by atoms with Crippen LogP contribution in [0.25, 0.3) is 0 Å². The highest BCUT2D eigenvalue weighted by atomic mass is 32.2. The summed E-state index contributed by atoms with van der Waals surface area (Å²) in [5, 5.41) is 4.33. The Morgan fingerprint density at radius 3 is 2.64 bits per heavy atom. The maximum absolute atomic E-state index is 12.6. The fraction of sp³-hybridized carbons (Fsp3) is 0.688. The molecule has 1 heterocycles. The minimum absolute atomic E-state index is 0.292. The number of hydrogen-bond donors (Lipinski definition) is 1. The van der Waals surface area contributed by atoms with Crippen LogP contribution < -0.4 is 4.72 Å². The average molecular weight is 325 g/mol. The second kappa shape index (κ2) is 6.54. The van der Waals surface area contributed by atoms with Crippen molar-refractivity contribution >= 4 is 10.0 Å². The molecule has 0 fully saturated rings. The smallest absolute Gasteiger partial charge is 0.244 e. The fourth-order valence-electron chi connectivity index (χ4n) is 2.74. The van der Waals surface area contributed by atoms with Crippen LogP contribution >= 0.6 is 0 Å². The van der Waals surface area contributed by atoms with Gasteiger partial charge in [-0.05, 0) is 32.1 Å². The molecule has 0 saturated carbocycles. The Hall–Kier alpha value is -1.14. The molecule has 0 unspecified atom stereocenters. The van der Waals surface area contributed by atoms with Gasteiger partial charge in [0.1, 0.15) is 4.90 Å². The number of sulfonamides is 1. The zero-order valence-corrected chi connectivity index (χ0v) is 14.8. The second-order valence-corrected chi connectivity index (χ2v) is 8.76. The number of nitrogens with zero attached hydrogens (tertiary/aromatic N) is 2. The summed E-state index contributed by atoms with van der Waals surface area (Å²) in [6, 6.07) is 0. The zero-order valence-electron chi connectivity index (χ0n) is 14.0. The Labute approximate surface area is 133 Å². The van der Waals surface area contributed by atoms with Gasteiger partial charge in [0.2, 0.25) is 10.0 Å². The lowest BCUT2D eigenvalue weighted by molar-refractivity contribution is 0.535. The summed E-state index contributed by atoms with van der Waals surface area (Å²) in [4.78, 5) is 0.292. The second-order valence-electron chi connectivity index (χ2n) is 7.02. The number of hydrogen-bond acceptors (Lipinski definition) is 3. The van der Waals surface area contributed by atoms with Crippen molar-refractivity contribution in [2.45, 2.75) is 63.2 Å². The predicted octanol–water partition coefficient (Wildman–Crippen LogP) is 2.89. The lowest BCUT2D eigenvalue weighted by Crippen LogP contribution is -2.27. The predicted molar refractivity (Wildman–Crippen MR) is 88.3 cm³/mol. The first-order valence-electron chi connectivity index (χ1n) is 7.92. The number of aromatic nitrogens is 2. The molecule has 0 radical (unpaired) electrons. The molecule has 6 heteroatoms. The Kier molecular flexibility index (Phi) is 5.12. The average Bonchev–Trinajstić information content (AvgIpc) is 2.83. The first kappa shape index (κ1) is 17.2. The molecule has 0 saturated heterocycles. The molecule has 22 heavy (non-hydrogen) atoms. The van der Waals surface area contributed by atoms with Crippen LogP contribution in [0.4, 0.5) is 0 Å². The Morgan fingerprint density at radius 1 is 1.32 bits per heavy atom. The van der Waals surface area contributed by atoms with Gasteiger partial charge in [0.25, 0.3) is 0 Å². The molecule has 1 aromatic heterocycles. The van der Waals surface area contributed by atoms with Crippen LogP contribution in [0.2, 0.25) is 0 Å². The van der Waals surface area contributed by atoms with Crippen molar-refractivity contribution in [2.24, 2.45) is 7.05 Å². The van der Waals surface area contributed by atoms with Crippen molar-refractivity contribution in [3.8, 4) is 0 Å². The van der Waals surface area contributed by atoms with E-state index in [9.17, 15) is 8.42 Å². The summed E-state index contributed by atoms with van der Waals surface area (Å²) in [6.07, 6.45) is 9.32. The van der Waals surface area contributed by atoms with Crippen LogP contribution in [0.1, 0.15) is 58.6 Å². The first-order chi connectivity index (χ1) is 10.2. The van der Waals surface area contributed by atoms with E-state index < -0.39 is 10.0 Å². The summed E-state index contributed by atoms with van der Waals surface area (Å²) >= 11 is 0. The van der Waals surface area contributed by atoms with E-state index in [-0.39, 0.29) is 5.41 Å². The standard InChI is InChI=1S/C16H27N3O2S/c1-16(2,3)15-14(12-19(4)18-15)22(20,21)17-11-10-13-8-6-5-7-9-13/h8,12,17H,5-7,9-11H2,1-4H3. The number of aryl methyl sites for hydroxylation is 1. The minimum Gasteiger partial charge on any atom is -0.274 e. The molecule has 124 valence electrons. The minimum atomic E-state index is -3.51. The summed E-state index contributed by atoms with van der Waals surface area (Å²) in [7, 11) is -1.76. The van der Waals surface area contributed by atoms with Gasteiger partial charge in [-0.15, -0.1) is 0 Å². The molecule has 1 aliphatic rings. The highest BCUT2D eigenvalue weighted by molar-refractivity contribution is 7.89. The van der Waals surface area contributed by atoms with Gasteiger partial charge in [-0.25, -0.2) is 13.1 Å². The van der Waals surface area contributed by atoms with Crippen LogP contribution in [0.15, 0.2) is 22.7 Å². The third kappa shape index (κ3) is 4.20. The molecule has 0 aromatic carbocycles. The van der Waals surface area contributed by atoms with Crippen molar-refractivity contribution < 1.29 is 8.42 Å². The van der Waals surface area contributed by atoms with Gasteiger partial charge in [0.05, 0.1) is 5.69 Å². The number of nitrogens with one attached hydrogen (secondary N) is 1. The van der Waals surface area contributed by atoms with E-state index in [1.54, 1.807) is 17.9 Å². The van der Waals surface area contributed by atoms with E-state index in [0.717, 1.165) is 19.3 Å². The Morgan fingerprint density at radius 2 is 2.05 bits per heavy atom. The van der Waals surface area contributed by atoms with Gasteiger partial charge in [-0.1, -0.05) is 32.4 Å². The van der Waals surface area contributed by atoms with Crippen molar-refractivity contribution in [3.63, 3.8) is 0 Å². The maximum atomic E-state index is 12.6. The molecule has 0 bridgehead atoms. The van der Waals surface area contributed by atoms with Crippen LogP contribution in [0.5, 0.6) is 0 Å². The third-order valence-electron chi connectivity index (χ3n) is 3.92. The molecular formula is C16H27N3O2S. The van der Waals surface area contributed by atoms with Crippen molar-refractivity contribution in [3.05, 3.63) is 23.5 Å². The van der Waals surface area contributed by atoms with Gasteiger partial charge >= 0.3 is 0 Å². The number of rotatable bonds is 5. The van der Waals surface area contributed by atoms with E-state index in [1.165, 1.54) is 18.4 Å². The van der Waals surface area contributed by atoms with Gasteiger partial charge in [-0.3, -0.25) is 4.68 Å². The third-order valence-corrected chi connectivity index (χ3v) is 5.38. The summed E-state index contributed by atoms with van der Waals surface area (Å²) < 4.78 is 29.4. The first-order valence-corrected chi connectivity index (χ1v) is 9.40. The Bertz CT molecular complexity index is 651. The lowest BCUT2D eigenvalue weighted by Gasteiger charge is -2.18. The lowest BCUT2D eigenvalue weighted by atomic mass is 9.92. The Balaban J connectivity index is 2.09. The molecule has 0 amide bonds. The molecule has 0 atom stereocenters. The van der Waals surface area contributed by atoms with E-state index in [4.69, 9.17) is 0 Å². The fourth-order valence-corrected chi connectivity index (χ4v) is 4.16. The largest absolute Gasteiger partial charge is 0.274 e. The molecule has 0 spiro atoms. The van der Waals surface area contributed by atoms with Gasteiger partial charge in [-0.2, -0.15) is 5.10 Å². The molecule has 2 rings (SSSR count). The molecule has 1 aliphatic carbocycles. The molecule has 0 aliphatic heterocycles. The summed E-state index contributed by atoms with van der Waals surface area (Å²) in [6.45, 7) is 6.37. The molecule has 1 aromatic rings. The SMILES string of the molecule is Cn1cc(S(=O)(=O)NCCC2=CCCCC2)c(C(C)(C)C)n1. The van der Waals surface area contributed by atoms with E-state index >= 15 is 0 Å². The van der Waals surface area contributed by atoms with Crippen LogP contribution in [0, 0.1) is 0 Å². The van der Waals surface area contributed by atoms with E-state index in [1.807, 2.05) is 20.8 Å². The van der Waals surface area contributed by atoms with Gasteiger partial charge < -0.3 is 0 Å². The monoisotopic (exact) mass is 325 g/mol. The molecular weight excluding hydrogens is 298 g/mol. The van der Waals surface area contributed by atoms with E-state index in [2.05, 4.69) is 15.9 Å². The highest BCUT2D eigenvalue weighted by Crippen LogP contribution is 2.27. The molecule has 1 N–H and O–H groups in total. The normalized spacial score (nSPS) is 16.6. The highest BCUT2D eigenvalue weighted by Gasteiger charge is 2.29. The van der Waals surface area contributed by atoms with Gasteiger partial charge in [0.15, 0.2) is 0 Å². The maximum Gasteiger partial charge on any atom is 0.244 e. The summed E-state index contributed by atoms with van der Waals surface area (Å²) in [5.74, 6) is 0. The van der Waals surface area contributed by atoms with Crippen molar-refractivity contribution in [1.82, 2.24) is 14.5 Å². The van der Waals surface area contributed by atoms with Crippen LogP contribution in [-0.2, 0) is 22.5 Å². The zero-order chi connectivity index (χ0) is 16.4.